The second-order valence-electron chi connectivity index (χ2n) is 7.84. The third kappa shape index (κ3) is 8.72. The van der Waals surface area contributed by atoms with Gasteiger partial charge in [0.2, 0.25) is 5.60 Å². The summed E-state index contributed by atoms with van der Waals surface area (Å²) in [6.45, 7) is 4.29. The highest BCUT2D eigenvalue weighted by atomic mass is 16.6. The fraction of sp³-hybridized carbons (Fsp3) is 0.750. The first-order valence-corrected chi connectivity index (χ1v) is 11.3. The van der Waals surface area contributed by atoms with Crippen LogP contribution in [0.3, 0.4) is 0 Å². The van der Waals surface area contributed by atoms with Crippen LogP contribution >= 0.6 is 0 Å². The van der Waals surface area contributed by atoms with Gasteiger partial charge in [-0.15, -0.1) is 0 Å². The van der Waals surface area contributed by atoms with Gasteiger partial charge in [-0.05, 0) is 44.9 Å². The summed E-state index contributed by atoms with van der Waals surface area (Å²) in [6.07, 6.45) is 22.4. The molecule has 0 spiro atoms. The number of carboxylic acids is 1. The van der Waals surface area contributed by atoms with Gasteiger partial charge in [-0.25, -0.2) is 4.79 Å². The minimum absolute atomic E-state index is 0.246. The Hall–Kier alpha value is -1.42. The van der Waals surface area contributed by atoms with Crippen molar-refractivity contribution in [3.8, 4) is 0 Å². The fourth-order valence-electron chi connectivity index (χ4n) is 3.51. The number of rotatable bonds is 18. The SMILES string of the molecule is CCCCC/C=C\C/C=C\CCCCCC1OC1(C(=O)O)C(=O)CCCCC. The molecule has 1 aliphatic rings. The molecule has 4 heteroatoms. The van der Waals surface area contributed by atoms with Crippen molar-refractivity contribution in [3.63, 3.8) is 0 Å². The van der Waals surface area contributed by atoms with E-state index < -0.39 is 17.7 Å². The summed E-state index contributed by atoms with van der Waals surface area (Å²) in [5, 5.41) is 9.44. The molecular formula is C24H40O4. The number of ketones is 1. The molecule has 1 aliphatic heterocycles. The first-order chi connectivity index (χ1) is 13.6. The van der Waals surface area contributed by atoms with Crippen molar-refractivity contribution >= 4 is 11.8 Å². The number of hydrogen-bond donors (Lipinski definition) is 1. The van der Waals surface area contributed by atoms with Crippen LogP contribution in [0.25, 0.3) is 0 Å². The smallest absolute Gasteiger partial charge is 0.346 e. The van der Waals surface area contributed by atoms with Crippen LogP contribution < -0.4 is 0 Å². The minimum Gasteiger partial charge on any atom is -0.479 e. The Balaban J connectivity index is 2.10. The number of carbonyl (C=O) groups is 2. The molecule has 1 fully saturated rings. The van der Waals surface area contributed by atoms with Crippen molar-refractivity contribution in [2.45, 2.75) is 115 Å². The molecule has 1 N–H and O–H groups in total. The molecule has 4 nitrogen and oxygen atoms in total. The van der Waals surface area contributed by atoms with Crippen molar-refractivity contribution in [2.24, 2.45) is 0 Å². The predicted octanol–water partition coefficient (Wildman–Crippen LogP) is 6.39. The zero-order valence-electron chi connectivity index (χ0n) is 18.0. The van der Waals surface area contributed by atoms with Gasteiger partial charge in [-0.1, -0.05) is 76.7 Å². The Bertz CT molecular complexity index is 509. The molecular weight excluding hydrogens is 352 g/mol. The third-order valence-corrected chi connectivity index (χ3v) is 5.38. The van der Waals surface area contributed by atoms with E-state index in [-0.39, 0.29) is 5.78 Å². The first-order valence-electron chi connectivity index (χ1n) is 11.3. The Morgan fingerprint density at radius 2 is 1.46 bits per heavy atom. The summed E-state index contributed by atoms with van der Waals surface area (Å²) in [6, 6.07) is 0. The zero-order chi connectivity index (χ0) is 20.7. The van der Waals surface area contributed by atoms with E-state index in [1.807, 2.05) is 0 Å². The van der Waals surface area contributed by atoms with Crippen LogP contribution in [0, 0.1) is 0 Å². The highest BCUT2D eigenvalue weighted by Gasteiger charge is 2.67. The highest BCUT2D eigenvalue weighted by Crippen LogP contribution is 2.42. The predicted molar refractivity (Wildman–Crippen MR) is 115 cm³/mol. The van der Waals surface area contributed by atoms with Crippen molar-refractivity contribution in [1.82, 2.24) is 0 Å². The largest absolute Gasteiger partial charge is 0.479 e. The van der Waals surface area contributed by atoms with Gasteiger partial charge in [0, 0.05) is 6.42 Å². The van der Waals surface area contributed by atoms with Gasteiger partial charge in [0.15, 0.2) is 5.78 Å². The number of hydrogen-bond acceptors (Lipinski definition) is 3. The standard InChI is InChI=1S/C24H40O4/c1-3-5-7-8-9-10-11-12-13-14-15-16-18-20-22-24(28-22,23(26)27)21(25)19-17-6-4-2/h9-10,12-13,22H,3-8,11,14-20H2,1-2H3,(H,26,27)/b10-9-,13-12-. The van der Waals surface area contributed by atoms with E-state index in [2.05, 4.69) is 38.2 Å². The van der Waals surface area contributed by atoms with Gasteiger partial charge in [0.25, 0.3) is 0 Å². The average Bonchev–Trinajstić information content (AvgIpc) is 3.41. The molecule has 0 saturated carbocycles. The van der Waals surface area contributed by atoms with Crippen molar-refractivity contribution in [3.05, 3.63) is 24.3 Å². The molecule has 28 heavy (non-hydrogen) atoms. The Kier molecular flexibility index (Phi) is 12.8. The summed E-state index contributed by atoms with van der Waals surface area (Å²) < 4.78 is 5.39. The lowest BCUT2D eigenvalue weighted by atomic mass is 9.93. The van der Waals surface area contributed by atoms with Crippen LogP contribution in [0.4, 0.5) is 0 Å². The number of epoxide rings is 1. The number of Topliss-reactive ketones (excluding diaryl/α,β-unsaturated/α-hetero) is 1. The number of allylic oxidation sites excluding steroid dienone is 4. The summed E-state index contributed by atoms with van der Waals surface area (Å²) >= 11 is 0. The highest BCUT2D eigenvalue weighted by molar-refractivity contribution is 6.10. The van der Waals surface area contributed by atoms with Gasteiger partial charge in [-0.3, -0.25) is 4.79 Å². The molecule has 0 bridgehead atoms. The minimum atomic E-state index is -1.53. The molecule has 2 atom stereocenters. The summed E-state index contributed by atoms with van der Waals surface area (Å²) in [5.41, 5.74) is -1.53. The van der Waals surface area contributed by atoms with Crippen molar-refractivity contribution in [2.75, 3.05) is 0 Å². The Morgan fingerprint density at radius 1 is 0.857 bits per heavy atom. The van der Waals surface area contributed by atoms with Gasteiger partial charge < -0.3 is 9.84 Å². The number of unbranched alkanes of at least 4 members (excludes halogenated alkanes) is 8. The number of aliphatic carboxylic acids is 1. The normalized spacial score (nSPS) is 21.6. The van der Waals surface area contributed by atoms with Gasteiger partial charge in [-0.2, -0.15) is 0 Å². The lowest BCUT2D eigenvalue weighted by molar-refractivity contribution is -0.148. The molecule has 160 valence electrons. The van der Waals surface area contributed by atoms with Crippen LogP contribution in [0.2, 0.25) is 0 Å². The van der Waals surface area contributed by atoms with Crippen LogP contribution in [-0.4, -0.2) is 28.6 Å². The van der Waals surface area contributed by atoms with Gasteiger partial charge in [0.1, 0.15) is 6.10 Å². The van der Waals surface area contributed by atoms with E-state index in [4.69, 9.17) is 4.74 Å². The Morgan fingerprint density at radius 3 is 2.07 bits per heavy atom. The van der Waals surface area contributed by atoms with Gasteiger partial charge in [0.05, 0.1) is 0 Å². The van der Waals surface area contributed by atoms with Crippen molar-refractivity contribution < 1.29 is 19.4 Å². The molecule has 0 amide bonds. The molecule has 0 aliphatic carbocycles. The summed E-state index contributed by atoms with van der Waals surface area (Å²) in [4.78, 5) is 23.8. The molecule has 1 heterocycles. The topological polar surface area (TPSA) is 66.9 Å². The molecule has 1 rings (SSSR count). The molecule has 0 radical (unpaired) electrons. The fourth-order valence-corrected chi connectivity index (χ4v) is 3.51. The maximum atomic E-state index is 12.3. The van der Waals surface area contributed by atoms with Crippen molar-refractivity contribution in [1.29, 1.82) is 0 Å². The van der Waals surface area contributed by atoms with Crippen LogP contribution in [0.5, 0.6) is 0 Å². The van der Waals surface area contributed by atoms with Gasteiger partial charge >= 0.3 is 5.97 Å². The first kappa shape index (κ1) is 24.6. The second kappa shape index (κ2) is 14.6. The van der Waals surface area contributed by atoms with E-state index in [9.17, 15) is 14.7 Å². The van der Waals surface area contributed by atoms with Crippen LogP contribution in [0.15, 0.2) is 24.3 Å². The van der Waals surface area contributed by atoms with E-state index >= 15 is 0 Å². The second-order valence-corrected chi connectivity index (χ2v) is 7.84. The lowest BCUT2D eigenvalue weighted by Crippen LogP contribution is -2.36. The maximum Gasteiger partial charge on any atom is 0.346 e. The maximum absolute atomic E-state index is 12.3. The zero-order valence-corrected chi connectivity index (χ0v) is 18.0. The molecule has 2 unspecified atom stereocenters. The molecule has 0 aromatic carbocycles. The lowest BCUT2D eigenvalue weighted by Gasteiger charge is -2.06. The van der Waals surface area contributed by atoms with Crippen LogP contribution in [0.1, 0.15) is 104 Å². The van der Waals surface area contributed by atoms with E-state index in [0.717, 1.165) is 51.4 Å². The van der Waals surface area contributed by atoms with E-state index in [0.29, 0.717) is 12.8 Å². The number of ether oxygens (including phenoxy) is 1. The van der Waals surface area contributed by atoms with E-state index in [1.54, 1.807) is 0 Å². The average molecular weight is 393 g/mol. The summed E-state index contributed by atoms with van der Waals surface area (Å²) in [5.74, 6) is -1.35. The summed E-state index contributed by atoms with van der Waals surface area (Å²) in [7, 11) is 0. The molecule has 0 aromatic rings. The van der Waals surface area contributed by atoms with Crippen LogP contribution in [-0.2, 0) is 14.3 Å². The third-order valence-electron chi connectivity index (χ3n) is 5.38. The molecule has 0 aromatic heterocycles. The number of carbonyl (C=O) groups excluding carboxylic acids is 1. The van der Waals surface area contributed by atoms with E-state index in [1.165, 1.54) is 25.7 Å². The molecule has 1 saturated heterocycles. The quantitative estimate of drug-likeness (QED) is 0.127. The number of carboxylic acid groups (broad SMARTS) is 1. The monoisotopic (exact) mass is 392 g/mol. The Labute approximate surface area is 171 Å².